The average Bonchev–Trinajstić information content (AvgIpc) is 2.63. The number of nitrogens with zero attached hydrogens (tertiary/aromatic N) is 1. The highest BCUT2D eigenvalue weighted by Gasteiger charge is 2.51. The monoisotopic (exact) mass is 423 g/mol. The minimum Gasteiger partial charge on any atom is -0.480 e. The van der Waals surface area contributed by atoms with Crippen molar-refractivity contribution in [3.63, 3.8) is 0 Å². The quantitative estimate of drug-likeness (QED) is 0.464. The highest BCUT2D eigenvalue weighted by atomic mass is 19.3. The van der Waals surface area contributed by atoms with Gasteiger partial charge in [-0.15, -0.1) is 0 Å². The van der Waals surface area contributed by atoms with Gasteiger partial charge in [-0.3, -0.25) is 14.5 Å². The van der Waals surface area contributed by atoms with Gasteiger partial charge in [-0.2, -0.15) is 8.78 Å². The van der Waals surface area contributed by atoms with E-state index in [1.165, 1.54) is 0 Å². The van der Waals surface area contributed by atoms with E-state index in [4.69, 9.17) is 5.11 Å². The summed E-state index contributed by atoms with van der Waals surface area (Å²) in [6, 6.07) is 1.40. The molecule has 2 aromatic rings. The Hall–Kier alpha value is -3.31. The molecule has 0 fully saturated rings. The van der Waals surface area contributed by atoms with Gasteiger partial charge in [0, 0.05) is 0 Å². The largest absolute Gasteiger partial charge is 0.482 e. The number of alkyl halides is 2. The molecule has 154 valence electrons. The highest BCUT2D eigenvalue weighted by molar-refractivity contribution is 6.04. The minimum absolute atomic E-state index is 0.0656. The van der Waals surface area contributed by atoms with Gasteiger partial charge < -0.3 is 9.84 Å². The van der Waals surface area contributed by atoms with Crippen LogP contribution in [0.15, 0.2) is 12.1 Å². The zero-order valence-corrected chi connectivity index (χ0v) is 14.1. The van der Waals surface area contributed by atoms with E-state index in [-0.39, 0.29) is 10.5 Å². The Bertz CT molecular complexity index is 1040. The molecule has 12 heteroatoms. The fourth-order valence-electron chi connectivity index (χ4n) is 2.81. The first-order chi connectivity index (χ1) is 13.4. The Morgan fingerprint density at radius 2 is 1.55 bits per heavy atom. The van der Waals surface area contributed by atoms with Gasteiger partial charge in [-0.1, -0.05) is 0 Å². The van der Waals surface area contributed by atoms with Gasteiger partial charge in [0.1, 0.15) is 6.54 Å². The van der Waals surface area contributed by atoms with E-state index in [2.05, 4.69) is 4.74 Å². The third-order valence-corrected chi connectivity index (χ3v) is 4.10. The number of rotatable bonds is 3. The van der Waals surface area contributed by atoms with Crippen LogP contribution in [0.1, 0.15) is 5.56 Å². The van der Waals surface area contributed by atoms with E-state index in [0.29, 0.717) is 6.07 Å². The number of carbonyl (C=O) groups excluding carboxylic acids is 1. The number of benzene rings is 2. The molecular formula is C17H8F7NO4. The van der Waals surface area contributed by atoms with E-state index >= 15 is 0 Å². The van der Waals surface area contributed by atoms with Crippen molar-refractivity contribution in [3.8, 4) is 16.9 Å². The van der Waals surface area contributed by atoms with E-state index < -0.39 is 76.2 Å². The standard InChI is InChI=1S/C17H8F7NO4/c1-5-2-8-7(25(4-9(26)27)16(28)17(23,24)29-8)3-6(5)10-11(18)13(20)15(22)14(21)12(10)19/h2-3H,4H2,1H3,(H,26,27). The normalized spacial score (nSPS) is 15.2. The number of hydrogen-bond donors (Lipinski definition) is 1. The number of carbonyl (C=O) groups is 2. The topological polar surface area (TPSA) is 66.8 Å². The van der Waals surface area contributed by atoms with Gasteiger partial charge in [0.25, 0.3) is 0 Å². The van der Waals surface area contributed by atoms with E-state index in [1.54, 1.807) is 0 Å². The Morgan fingerprint density at radius 1 is 1.03 bits per heavy atom. The van der Waals surface area contributed by atoms with Gasteiger partial charge in [0.05, 0.1) is 11.3 Å². The van der Waals surface area contributed by atoms with Crippen molar-refractivity contribution < 1.29 is 50.2 Å². The molecule has 1 aliphatic heterocycles. The molecule has 0 saturated carbocycles. The molecular weight excluding hydrogens is 415 g/mol. The van der Waals surface area contributed by atoms with Crippen LogP contribution in [-0.4, -0.2) is 29.6 Å². The maximum atomic E-state index is 14.2. The predicted molar refractivity (Wildman–Crippen MR) is 82.0 cm³/mol. The van der Waals surface area contributed by atoms with Crippen LogP contribution in [-0.2, 0) is 9.59 Å². The molecule has 0 spiro atoms. The number of fused-ring (bicyclic) bond motifs is 1. The number of halogens is 7. The Labute approximate surface area is 156 Å². The molecule has 3 rings (SSSR count). The zero-order chi connectivity index (χ0) is 21.8. The number of aliphatic carboxylic acids is 1. The number of anilines is 1. The van der Waals surface area contributed by atoms with Gasteiger partial charge >= 0.3 is 18.0 Å². The summed E-state index contributed by atoms with van der Waals surface area (Å²) in [4.78, 5) is 22.9. The number of ether oxygens (including phenoxy) is 1. The van der Waals surface area contributed by atoms with Crippen molar-refractivity contribution in [1.82, 2.24) is 0 Å². The maximum absolute atomic E-state index is 14.2. The highest BCUT2D eigenvalue weighted by Crippen LogP contribution is 2.44. The maximum Gasteiger partial charge on any atom is 0.482 e. The lowest BCUT2D eigenvalue weighted by atomic mass is 9.96. The first kappa shape index (κ1) is 20.4. The summed E-state index contributed by atoms with van der Waals surface area (Å²) in [6.07, 6.45) is -4.43. The lowest BCUT2D eigenvalue weighted by Crippen LogP contribution is -2.52. The summed E-state index contributed by atoms with van der Waals surface area (Å²) in [6.45, 7) is -0.169. The van der Waals surface area contributed by atoms with Crippen LogP contribution in [0.5, 0.6) is 5.75 Å². The third-order valence-electron chi connectivity index (χ3n) is 4.10. The van der Waals surface area contributed by atoms with Crippen LogP contribution in [0.3, 0.4) is 0 Å². The van der Waals surface area contributed by atoms with E-state index in [9.17, 15) is 40.3 Å². The van der Waals surface area contributed by atoms with Crippen LogP contribution in [0.4, 0.5) is 36.4 Å². The van der Waals surface area contributed by atoms with Crippen molar-refractivity contribution in [1.29, 1.82) is 0 Å². The zero-order valence-electron chi connectivity index (χ0n) is 14.1. The van der Waals surface area contributed by atoms with Crippen LogP contribution >= 0.6 is 0 Å². The summed E-state index contributed by atoms with van der Waals surface area (Å²) >= 11 is 0. The van der Waals surface area contributed by atoms with Crippen molar-refractivity contribution in [2.75, 3.05) is 11.4 Å². The van der Waals surface area contributed by atoms with Crippen molar-refractivity contribution in [2.45, 2.75) is 13.0 Å². The molecule has 1 aliphatic rings. The van der Waals surface area contributed by atoms with Crippen LogP contribution in [0.25, 0.3) is 11.1 Å². The Balaban J connectivity index is 2.31. The molecule has 1 N–H and O–H groups in total. The molecule has 0 unspecified atom stereocenters. The van der Waals surface area contributed by atoms with Crippen molar-refractivity contribution in [2.24, 2.45) is 0 Å². The Morgan fingerprint density at radius 3 is 2.07 bits per heavy atom. The fraction of sp³-hybridized carbons (Fsp3) is 0.176. The van der Waals surface area contributed by atoms with Crippen molar-refractivity contribution >= 4 is 17.6 Å². The first-order valence-corrected chi connectivity index (χ1v) is 7.63. The van der Waals surface area contributed by atoms with Crippen LogP contribution in [0, 0.1) is 36.0 Å². The van der Waals surface area contributed by atoms with Crippen molar-refractivity contribution in [3.05, 3.63) is 46.8 Å². The lowest BCUT2D eigenvalue weighted by molar-refractivity contribution is -0.193. The molecule has 0 atom stereocenters. The summed E-state index contributed by atoms with van der Waals surface area (Å²) in [5.74, 6) is -15.8. The summed E-state index contributed by atoms with van der Waals surface area (Å²) in [5.41, 5.74) is -2.91. The molecule has 5 nitrogen and oxygen atoms in total. The second-order valence-electron chi connectivity index (χ2n) is 5.98. The second-order valence-corrected chi connectivity index (χ2v) is 5.98. The summed E-state index contributed by atoms with van der Waals surface area (Å²) < 4.78 is 100. The first-order valence-electron chi connectivity index (χ1n) is 7.63. The molecule has 0 aliphatic carbocycles. The van der Waals surface area contributed by atoms with Gasteiger partial charge in [0.15, 0.2) is 29.0 Å². The summed E-state index contributed by atoms with van der Waals surface area (Å²) in [5, 5.41) is 8.87. The minimum atomic E-state index is -4.43. The average molecular weight is 423 g/mol. The number of hydrogen-bond acceptors (Lipinski definition) is 3. The van der Waals surface area contributed by atoms with E-state index in [0.717, 1.165) is 13.0 Å². The lowest BCUT2D eigenvalue weighted by Gasteiger charge is -2.33. The summed E-state index contributed by atoms with van der Waals surface area (Å²) in [7, 11) is 0. The molecule has 0 radical (unpaired) electrons. The number of carboxylic acid groups (broad SMARTS) is 1. The molecule has 0 saturated heterocycles. The van der Waals surface area contributed by atoms with E-state index in [1.807, 2.05) is 0 Å². The molecule has 0 bridgehead atoms. The molecule has 2 aromatic carbocycles. The Kier molecular flexibility index (Phi) is 4.67. The molecule has 29 heavy (non-hydrogen) atoms. The number of aryl methyl sites for hydroxylation is 1. The smallest absolute Gasteiger partial charge is 0.480 e. The number of carboxylic acids is 1. The second kappa shape index (κ2) is 6.64. The predicted octanol–water partition coefficient (Wildman–Crippen LogP) is 3.76. The fourth-order valence-corrected chi connectivity index (χ4v) is 2.81. The third kappa shape index (κ3) is 3.13. The van der Waals surface area contributed by atoms with Crippen LogP contribution in [0.2, 0.25) is 0 Å². The number of amides is 1. The SMILES string of the molecule is Cc1cc2c(cc1-c1c(F)c(F)c(F)c(F)c1F)N(CC(=O)O)C(=O)C(F)(F)O2. The molecule has 0 aromatic heterocycles. The molecule has 1 amide bonds. The van der Waals surface area contributed by atoms with Gasteiger partial charge in [0.2, 0.25) is 5.82 Å². The van der Waals surface area contributed by atoms with Gasteiger partial charge in [-0.25, -0.2) is 22.0 Å². The molecule has 1 heterocycles. The van der Waals surface area contributed by atoms with Gasteiger partial charge in [-0.05, 0) is 30.2 Å². The van der Waals surface area contributed by atoms with Crippen LogP contribution < -0.4 is 9.64 Å².